The monoisotopic (exact) mass is 472 g/mol. The first-order valence-electron chi connectivity index (χ1n) is 8.92. The fraction of sp³-hybridized carbons (Fsp3) is 0.136. The van der Waals surface area contributed by atoms with Crippen molar-refractivity contribution in [2.24, 2.45) is 5.10 Å². The molecule has 2 aliphatic heterocycles. The van der Waals surface area contributed by atoms with Gasteiger partial charge < -0.3 is 4.74 Å². The van der Waals surface area contributed by atoms with Crippen molar-refractivity contribution in [3.63, 3.8) is 0 Å². The molecule has 0 radical (unpaired) electrons. The topological polar surface area (TPSA) is 24.8 Å². The average Bonchev–Trinajstić information content (AvgIpc) is 3.16. The molecule has 0 aromatic heterocycles. The zero-order chi connectivity index (χ0) is 19.3. The van der Waals surface area contributed by atoms with Crippen LogP contribution in [0.2, 0.25) is 10.0 Å². The van der Waals surface area contributed by atoms with E-state index >= 15 is 0 Å². The van der Waals surface area contributed by atoms with Crippen LogP contribution >= 0.6 is 39.1 Å². The van der Waals surface area contributed by atoms with Gasteiger partial charge in [0.1, 0.15) is 5.75 Å². The summed E-state index contributed by atoms with van der Waals surface area (Å²) >= 11 is 16.0. The molecular weight excluding hydrogens is 459 g/mol. The highest BCUT2D eigenvalue weighted by molar-refractivity contribution is 9.10. The molecule has 3 aromatic carbocycles. The van der Waals surface area contributed by atoms with E-state index in [0.29, 0.717) is 10.0 Å². The molecule has 0 spiro atoms. The first kappa shape index (κ1) is 18.0. The van der Waals surface area contributed by atoms with E-state index in [1.807, 2.05) is 47.5 Å². The van der Waals surface area contributed by atoms with E-state index in [0.717, 1.165) is 39.0 Å². The lowest BCUT2D eigenvalue weighted by Crippen LogP contribution is -2.33. The van der Waals surface area contributed by atoms with Crippen molar-refractivity contribution in [3.05, 3.63) is 97.9 Å². The zero-order valence-corrected chi connectivity index (χ0v) is 17.7. The number of ether oxygens (including phenoxy) is 1. The highest BCUT2D eigenvalue weighted by Crippen LogP contribution is 2.48. The van der Waals surface area contributed by atoms with Crippen molar-refractivity contribution in [2.45, 2.75) is 18.7 Å². The Kier molecular flexibility index (Phi) is 4.58. The van der Waals surface area contributed by atoms with Crippen LogP contribution in [0.5, 0.6) is 5.75 Å². The maximum absolute atomic E-state index is 6.36. The molecule has 0 saturated heterocycles. The van der Waals surface area contributed by atoms with Gasteiger partial charge in [0.25, 0.3) is 0 Å². The summed E-state index contributed by atoms with van der Waals surface area (Å²) < 4.78 is 7.39. The van der Waals surface area contributed by atoms with Crippen molar-refractivity contribution in [3.8, 4) is 5.75 Å². The lowest BCUT2D eigenvalue weighted by molar-refractivity contribution is -0.0190. The normalized spacial score (nSPS) is 20.2. The van der Waals surface area contributed by atoms with Crippen molar-refractivity contribution in [1.82, 2.24) is 5.01 Å². The number of fused-ring (bicyclic) bond motifs is 3. The van der Waals surface area contributed by atoms with Crippen LogP contribution in [0, 0.1) is 0 Å². The van der Waals surface area contributed by atoms with E-state index in [1.165, 1.54) is 0 Å². The lowest BCUT2D eigenvalue weighted by atomic mass is 9.96. The summed E-state index contributed by atoms with van der Waals surface area (Å²) in [5.74, 6) is 0.866. The Labute approximate surface area is 181 Å². The Balaban J connectivity index is 1.62. The van der Waals surface area contributed by atoms with Crippen molar-refractivity contribution in [2.75, 3.05) is 0 Å². The van der Waals surface area contributed by atoms with Crippen LogP contribution in [0.15, 0.2) is 76.3 Å². The number of benzene rings is 3. The summed E-state index contributed by atoms with van der Waals surface area (Å²) in [6, 6.07) is 22.1. The molecule has 0 bridgehead atoms. The third kappa shape index (κ3) is 3.10. The number of hydrazone groups is 1. The summed E-state index contributed by atoms with van der Waals surface area (Å²) in [5, 5.41) is 8.02. The standard InChI is InChI=1S/C22H15BrCl2N2O/c23-15-7-9-21-16(11-15)20-12-19(13-4-2-1-3-5-13)26-27(20)22(28-21)14-6-8-17(24)18(25)10-14/h1-11,20,22H,12H2/t20-,22-/m1/s1. The summed E-state index contributed by atoms with van der Waals surface area (Å²) in [6.07, 6.45) is 0.448. The SMILES string of the molecule is Clc1ccc([C@H]2Oc3ccc(Br)cc3[C@H]3CC(c4ccccc4)=NN32)cc1Cl. The molecule has 2 aliphatic rings. The van der Waals surface area contributed by atoms with E-state index in [1.54, 1.807) is 6.07 Å². The molecule has 0 N–H and O–H groups in total. The van der Waals surface area contributed by atoms with Crippen LogP contribution in [0.3, 0.4) is 0 Å². The zero-order valence-electron chi connectivity index (χ0n) is 14.6. The number of halogens is 3. The van der Waals surface area contributed by atoms with Gasteiger partial charge in [0.05, 0.1) is 21.8 Å². The Morgan fingerprint density at radius 2 is 1.79 bits per heavy atom. The number of rotatable bonds is 2. The Bertz CT molecular complexity index is 1090. The molecule has 0 saturated carbocycles. The largest absolute Gasteiger partial charge is 0.464 e. The fourth-order valence-electron chi connectivity index (χ4n) is 3.75. The molecule has 0 fully saturated rings. The smallest absolute Gasteiger partial charge is 0.213 e. The number of hydrogen-bond donors (Lipinski definition) is 0. The maximum atomic E-state index is 6.36. The van der Waals surface area contributed by atoms with E-state index in [2.05, 4.69) is 34.1 Å². The highest BCUT2D eigenvalue weighted by atomic mass is 79.9. The molecule has 6 heteroatoms. The van der Waals surface area contributed by atoms with E-state index in [-0.39, 0.29) is 12.3 Å². The Morgan fingerprint density at radius 1 is 0.964 bits per heavy atom. The highest BCUT2D eigenvalue weighted by Gasteiger charge is 2.41. The maximum Gasteiger partial charge on any atom is 0.213 e. The second kappa shape index (κ2) is 7.11. The number of nitrogens with zero attached hydrogens (tertiary/aromatic N) is 2. The lowest BCUT2D eigenvalue weighted by Gasteiger charge is -2.38. The minimum atomic E-state index is -0.366. The molecule has 0 amide bonds. The quantitative estimate of drug-likeness (QED) is 0.400. The van der Waals surface area contributed by atoms with Gasteiger partial charge in [0.2, 0.25) is 6.23 Å². The molecule has 0 aliphatic carbocycles. The molecule has 2 atom stereocenters. The van der Waals surface area contributed by atoms with Crippen LogP contribution in [0.25, 0.3) is 0 Å². The molecule has 140 valence electrons. The van der Waals surface area contributed by atoms with Crippen LogP contribution in [0.4, 0.5) is 0 Å². The van der Waals surface area contributed by atoms with Crippen LogP contribution < -0.4 is 4.74 Å². The predicted molar refractivity (Wildman–Crippen MR) is 116 cm³/mol. The Morgan fingerprint density at radius 3 is 2.57 bits per heavy atom. The van der Waals surface area contributed by atoms with E-state index < -0.39 is 0 Å². The summed E-state index contributed by atoms with van der Waals surface area (Å²) in [7, 11) is 0. The molecule has 5 rings (SSSR count). The van der Waals surface area contributed by atoms with Gasteiger partial charge in [-0.25, -0.2) is 5.01 Å². The third-order valence-electron chi connectivity index (χ3n) is 5.09. The first-order chi connectivity index (χ1) is 13.6. The Hall–Kier alpha value is -2.01. The van der Waals surface area contributed by atoms with Crippen molar-refractivity contribution < 1.29 is 4.74 Å². The van der Waals surface area contributed by atoms with E-state index in [9.17, 15) is 0 Å². The van der Waals surface area contributed by atoms with Crippen LogP contribution in [-0.4, -0.2) is 10.7 Å². The van der Waals surface area contributed by atoms with Crippen LogP contribution in [0.1, 0.15) is 35.4 Å². The van der Waals surface area contributed by atoms with Gasteiger partial charge in [0.15, 0.2) is 0 Å². The molecular formula is C22H15BrCl2N2O. The molecule has 3 nitrogen and oxygen atoms in total. The predicted octanol–water partition coefficient (Wildman–Crippen LogP) is 7.00. The summed E-state index contributed by atoms with van der Waals surface area (Å²) in [4.78, 5) is 0. The van der Waals surface area contributed by atoms with Gasteiger partial charge in [-0.2, -0.15) is 5.10 Å². The average molecular weight is 474 g/mol. The van der Waals surface area contributed by atoms with Crippen molar-refractivity contribution in [1.29, 1.82) is 0 Å². The molecule has 2 heterocycles. The minimum absolute atomic E-state index is 0.0934. The van der Waals surface area contributed by atoms with Gasteiger partial charge in [-0.3, -0.25) is 0 Å². The molecule has 28 heavy (non-hydrogen) atoms. The van der Waals surface area contributed by atoms with Gasteiger partial charge in [-0.1, -0.05) is 75.5 Å². The fourth-order valence-corrected chi connectivity index (χ4v) is 4.43. The van der Waals surface area contributed by atoms with Gasteiger partial charge in [-0.05, 0) is 35.9 Å². The van der Waals surface area contributed by atoms with Gasteiger partial charge >= 0.3 is 0 Å². The minimum Gasteiger partial charge on any atom is -0.464 e. The summed E-state index contributed by atoms with van der Waals surface area (Å²) in [6.45, 7) is 0. The van der Waals surface area contributed by atoms with Crippen molar-refractivity contribution >= 4 is 44.8 Å². The number of hydrogen-bond acceptors (Lipinski definition) is 3. The molecule has 3 aromatic rings. The van der Waals surface area contributed by atoms with E-state index in [4.69, 9.17) is 33.0 Å². The van der Waals surface area contributed by atoms with Gasteiger partial charge in [-0.15, -0.1) is 0 Å². The third-order valence-corrected chi connectivity index (χ3v) is 6.32. The van der Waals surface area contributed by atoms with Crippen LogP contribution in [-0.2, 0) is 0 Å². The van der Waals surface area contributed by atoms with Gasteiger partial charge in [0, 0.05) is 22.0 Å². The summed E-state index contributed by atoms with van der Waals surface area (Å²) in [5.41, 5.74) is 4.22. The second-order valence-electron chi connectivity index (χ2n) is 6.84. The first-order valence-corrected chi connectivity index (χ1v) is 10.5. The molecule has 0 unspecified atom stereocenters. The second-order valence-corrected chi connectivity index (χ2v) is 8.57.